The quantitative estimate of drug-likeness (QED) is 0.324. The second-order valence-corrected chi connectivity index (χ2v) is 8.07. The molecule has 2 heterocycles. The van der Waals surface area contributed by atoms with Crippen LogP contribution in [0.25, 0.3) is 22.4 Å². The van der Waals surface area contributed by atoms with Crippen molar-refractivity contribution in [3.63, 3.8) is 0 Å². The number of benzene rings is 3. The Labute approximate surface area is 205 Å². The number of ether oxygens (including phenoxy) is 1. The highest BCUT2D eigenvalue weighted by Gasteiger charge is 2.17. The summed E-state index contributed by atoms with van der Waals surface area (Å²) >= 11 is 0. The number of nitrogens with one attached hydrogen (secondary N) is 1. The molecule has 0 spiro atoms. The van der Waals surface area contributed by atoms with E-state index in [4.69, 9.17) is 4.74 Å². The zero-order valence-corrected chi connectivity index (χ0v) is 19.3. The third kappa shape index (κ3) is 4.27. The van der Waals surface area contributed by atoms with E-state index in [1.54, 1.807) is 76.1 Å². The van der Waals surface area contributed by atoms with E-state index in [2.05, 4.69) is 16.9 Å². The van der Waals surface area contributed by atoms with Crippen LogP contribution >= 0.6 is 0 Å². The van der Waals surface area contributed by atoms with Gasteiger partial charge in [-0.15, -0.1) is 0 Å². The third-order valence-electron chi connectivity index (χ3n) is 5.64. The Bertz CT molecular complexity index is 1690. The Morgan fingerprint density at radius 2 is 1.78 bits per heavy atom. The van der Waals surface area contributed by atoms with Crippen molar-refractivity contribution in [3.8, 4) is 22.9 Å². The van der Waals surface area contributed by atoms with Gasteiger partial charge in [-0.1, -0.05) is 18.7 Å². The van der Waals surface area contributed by atoms with E-state index in [1.807, 2.05) is 13.0 Å². The summed E-state index contributed by atoms with van der Waals surface area (Å²) in [4.78, 5) is 29.7. The average Bonchev–Trinajstić information content (AvgIpc) is 3.17. The molecule has 2 aromatic heterocycles. The molecule has 8 heteroatoms. The lowest BCUT2D eigenvalue weighted by atomic mass is 10.2. The minimum absolute atomic E-state index is 0.302. The summed E-state index contributed by atoms with van der Waals surface area (Å²) in [5.74, 6) is 0.195. The predicted octanol–water partition coefficient (Wildman–Crippen LogP) is 5.54. The minimum Gasteiger partial charge on any atom is -0.457 e. The van der Waals surface area contributed by atoms with Gasteiger partial charge < -0.3 is 10.1 Å². The molecule has 0 aliphatic carbocycles. The number of halogens is 1. The lowest BCUT2D eigenvalue weighted by Crippen LogP contribution is -2.22. The van der Waals surface area contributed by atoms with Crippen molar-refractivity contribution in [1.29, 1.82) is 0 Å². The largest absolute Gasteiger partial charge is 0.457 e. The van der Waals surface area contributed by atoms with E-state index >= 15 is 0 Å². The zero-order valence-electron chi connectivity index (χ0n) is 19.3. The fourth-order valence-electron chi connectivity index (χ4n) is 4.01. The Hall–Kier alpha value is -4.98. The monoisotopic (exact) mass is 480 g/mol. The second-order valence-electron chi connectivity index (χ2n) is 8.07. The van der Waals surface area contributed by atoms with Crippen molar-refractivity contribution in [2.24, 2.45) is 0 Å². The average molecular weight is 480 g/mol. The van der Waals surface area contributed by atoms with Crippen LogP contribution < -0.4 is 15.7 Å². The predicted molar refractivity (Wildman–Crippen MR) is 137 cm³/mol. The summed E-state index contributed by atoms with van der Waals surface area (Å²) in [6, 6.07) is 20.0. The third-order valence-corrected chi connectivity index (χ3v) is 5.64. The fourth-order valence-corrected chi connectivity index (χ4v) is 4.01. The number of carbonyl (C=O) groups excluding carboxylic acids is 1. The molecule has 0 radical (unpaired) electrons. The smallest absolute Gasteiger partial charge is 0.338 e. The zero-order chi connectivity index (χ0) is 25.2. The Balaban J connectivity index is 1.59. The summed E-state index contributed by atoms with van der Waals surface area (Å²) in [5.41, 5.74) is 3.47. The van der Waals surface area contributed by atoms with Crippen LogP contribution in [-0.4, -0.2) is 20.0 Å². The molecule has 0 atom stereocenters. The highest BCUT2D eigenvalue weighted by Crippen LogP contribution is 2.29. The molecule has 1 amide bonds. The van der Waals surface area contributed by atoms with Gasteiger partial charge >= 0.3 is 5.69 Å². The number of nitrogens with zero attached hydrogens (tertiary/aromatic N) is 3. The standard InChI is InChI=1S/C28H21FN4O3/c1-3-27(34)31-20-7-5-8-21(16-20)32-24-12-13-30-17-25(24)33(28(32)35)22-10-11-26(18(2)14-22)36-23-9-4-6-19(29)15-23/h3-17H,1H2,2H3,(H,31,34). The number of aryl methyl sites for hydroxylation is 1. The molecule has 0 aliphatic heterocycles. The minimum atomic E-state index is -0.387. The van der Waals surface area contributed by atoms with Gasteiger partial charge in [-0.2, -0.15) is 0 Å². The summed E-state index contributed by atoms with van der Waals surface area (Å²) in [5, 5.41) is 2.72. The normalized spacial score (nSPS) is 10.8. The van der Waals surface area contributed by atoms with Crippen molar-refractivity contribution in [2.75, 3.05) is 5.32 Å². The van der Waals surface area contributed by atoms with Crippen molar-refractivity contribution >= 4 is 22.6 Å². The highest BCUT2D eigenvalue weighted by atomic mass is 19.1. The number of hydrogen-bond acceptors (Lipinski definition) is 4. The summed E-state index contributed by atoms with van der Waals surface area (Å²) in [6.45, 7) is 5.32. The second kappa shape index (κ2) is 9.34. The van der Waals surface area contributed by atoms with Gasteiger partial charge in [-0.25, -0.2) is 9.18 Å². The van der Waals surface area contributed by atoms with Crippen molar-refractivity contribution in [3.05, 3.63) is 120 Å². The van der Waals surface area contributed by atoms with Crippen molar-refractivity contribution in [1.82, 2.24) is 14.1 Å². The Kier molecular flexibility index (Phi) is 5.92. The molecule has 5 rings (SSSR count). The van der Waals surface area contributed by atoms with Gasteiger partial charge in [0.15, 0.2) is 0 Å². The maximum Gasteiger partial charge on any atom is 0.338 e. The number of aromatic nitrogens is 3. The molecule has 5 aromatic rings. The van der Waals surface area contributed by atoms with E-state index in [0.717, 1.165) is 5.56 Å². The number of carbonyl (C=O) groups is 1. The van der Waals surface area contributed by atoms with E-state index in [1.165, 1.54) is 18.2 Å². The lowest BCUT2D eigenvalue weighted by Gasteiger charge is -2.11. The topological polar surface area (TPSA) is 78.2 Å². The van der Waals surface area contributed by atoms with Gasteiger partial charge in [-0.05, 0) is 73.2 Å². The molecule has 36 heavy (non-hydrogen) atoms. The molecule has 0 aliphatic rings. The van der Waals surface area contributed by atoms with Crippen LogP contribution in [0.2, 0.25) is 0 Å². The molecule has 0 bridgehead atoms. The molecule has 0 saturated heterocycles. The van der Waals surface area contributed by atoms with Crippen LogP contribution in [0.3, 0.4) is 0 Å². The number of amides is 1. The lowest BCUT2D eigenvalue weighted by molar-refractivity contribution is -0.111. The molecule has 0 fully saturated rings. The van der Waals surface area contributed by atoms with E-state index < -0.39 is 0 Å². The van der Waals surface area contributed by atoms with Crippen LogP contribution in [0.5, 0.6) is 11.5 Å². The van der Waals surface area contributed by atoms with E-state index in [0.29, 0.717) is 39.6 Å². The molecule has 0 unspecified atom stereocenters. The summed E-state index contributed by atoms with van der Waals surface area (Å²) < 4.78 is 22.5. The molecular formula is C28H21FN4O3. The summed E-state index contributed by atoms with van der Waals surface area (Å²) in [7, 11) is 0. The molecular weight excluding hydrogens is 459 g/mol. The molecule has 3 aromatic carbocycles. The molecule has 1 N–H and O–H groups in total. The van der Waals surface area contributed by atoms with Crippen molar-refractivity contribution in [2.45, 2.75) is 6.92 Å². The van der Waals surface area contributed by atoms with Gasteiger partial charge in [0.05, 0.1) is 28.6 Å². The Morgan fingerprint density at radius 3 is 2.56 bits per heavy atom. The first-order chi connectivity index (χ1) is 17.4. The first-order valence-corrected chi connectivity index (χ1v) is 11.1. The van der Waals surface area contributed by atoms with Gasteiger partial charge in [0.1, 0.15) is 17.3 Å². The number of rotatable bonds is 6. The number of hydrogen-bond donors (Lipinski definition) is 1. The van der Waals surface area contributed by atoms with E-state index in [-0.39, 0.29) is 17.4 Å². The maximum absolute atomic E-state index is 13.7. The van der Waals surface area contributed by atoms with Gasteiger partial charge in [0, 0.05) is 18.0 Å². The van der Waals surface area contributed by atoms with Crippen LogP contribution in [0.4, 0.5) is 10.1 Å². The van der Waals surface area contributed by atoms with Crippen LogP contribution in [0, 0.1) is 12.7 Å². The molecule has 7 nitrogen and oxygen atoms in total. The number of anilines is 1. The van der Waals surface area contributed by atoms with Crippen molar-refractivity contribution < 1.29 is 13.9 Å². The Morgan fingerprint density at radius 1 is 1.00 bits per heavy atom. The number of pyridine rings is 1. The van der Waals surface area contributed by atoms with Gasteiger partial charge in [-0.3, -0.25) is 18.9 Å². The first-order valence-electron chi connectivity index (χ1n) is 11.1. The molecule has 178 valence electrons. The number of fused-ring (bicyclic) bond motifs is 1. The van der Waals surface area contributed by atoms with Crippen LogP contribution in [-0.2, 0) is 4.79 Å². The highest BCUT2D eigenvalue weighted by molar-refractivity contribution is 5.99. The van der Waals surface area contributed by atoms with Gasteiger partial charge in [0.2, 0.25) is 5.91 Å². The van der Waals surface area contributed by atoms with Crippen LogP contribution in [0.1, 0.15) is 5.56 Å². The fraction of sp³-hybridized carbons (Fsp3) is 0.0357. The summed E-state index contributed by atoms with van der Waals surface area (Å²) in [6.07, 6.45) is 4.43. The van der Waals surface area contributed by atoms with E-state index in [9.17, 15) is 14.0 Å². The van der Waals surface area contributed by atoms with Gasteiger partial charge in [0.25, 0.3) is 0 Å². The maximum atomic E-state index is 13.7. The number of imidazole rings is 1. The first kappa shape index (κ1) is 22.8. The van der Waals surface area contributed by atoms with Crippen LogP contribution in [0.15, 0.2) is 103 Å². The molecule has 0 saturated carbocycles. The SMILES string of the molecule is C=CC(=O)Nc1cccc(-n2c(=O)n(-c3ccc(Oc4cccc(F)c4)c(C)c3)c3cnccc32)c1.